The Morgan fingerprint density at radius 2 is 1.92 bits per heavy atom. The van der Waals surface area contributed by atoms with Crippen molar-refractivity contribution >= 4 is 68.1 Å². The zero-order valence-electron chi connectivity index (χ0n) is 18.5. The first kappa shape index (κ1) is 22.4. The maximum atomic E-state index is 13.0. The third-order valence-electron chi connectivity index (χ3n) is 6.21. The molecule has 0 bridgehead atoms. The molecule has 3 aromatic carbocycles. The van der Waals surface area contributed by atoms with Crippen molar-refractivity contribution in [3.8, 4) is 0 Å². The maximum absolute atomic E-state index is 13.0. The number of benzene rings is 3. The first-order valence-electron chi connectivity index (χ1n) is 11.0. The Bertz CT molecular complexity index is 1620. The summed E-state index contributed by atoms with van der Waals surface area (Å²) in [5.74, 6) is -1.08. The Labute approximate surface area is 212 Å². The van der Waals surface area contributed by atoms with Crippen LogP contribution in [-0.2, 0) is 11.2 Å². The lowest BCUT2D eigenvalue weighted by atomic mass is 10.1. The number of nitro benzene ring substituents is 1. The van der Waals surface area contributed by atoms with Crippen molar-refractivity contribution in [1.29, 1.82) is 0 Å². The van der Waals surface area contributed by atoms with E-state index < -0.39 is 22.4 Å². The summed E-state index contributed by atoms with van der Waals surface area (Å²) in [6.07, 6.45) is 0.845. The number of thiazole rings is 1. The molecule has 6 rings (SSSR count). The molecular formula is C25H16N4O5S2. The molecule has 0 aliphatic carbocycles. The van der Waals surface area contributed by atoms with Gasteiger partial charge in [-0.2, -0.15) is 0 Å². The number of para-hydroxylation sites is 1. The smallest absolute Gasteiger partial charge is 0.283 e. The summed E-state index contributed by atoms with van der Waals surface area (Å²) in [5, 5.41) is 11.4. The van der Waals surface area contributed by atoms with E-state index in [0.717, 1.165) is 21.7 Å². The Morgan fingerprint density at radius 3 is 2.75 bits per heavy atom. The van der Waals surface area contributed by atoms with Gasteiger partial charge in [0.2, 0.25) is 5.91 Å². The van der Waals surface area contributed by atoms with Crippen LogP contribution in [0.5, 0.6) is 0 Å². The normalized spacial score (nSPS) is 14.4. The number of imide groups is 1. The van der Waals surface area contributed by atoms with Gasteiger partial charge in [-0.15, -0.1) is 11.3 Å². The number of nitrogens with zero attached hydrogens (tertiary/aromatic N) is 4. The predicted molar refractivity (Wildman–Crippen MR) is 137 cm³/mol. The van der Waals surface area contributed by atoms with Gasteiger partial charge in [-0.1, -0.05) is 36.0 Å². The second kappa shape index (κ2) is 8.54. The molecular weight excluding hydrogens is 500 g/mol. The monoisotopic (exact) mass is 516 g/mol. The lowest BCUT2D eigenvalue weighted by molar-refractivity contribution is -0.385. The summed E-state index contributed by atoms with van der Waals surface area (Å²) in [7, 11) is 0. The number of hydrogen-bond acceptors (Lipinski definition) is 8. The van der Waals surface area contributed by atoms with Crippen molar-refractivity contribution in [2.24, 2.45) is 0 Å². The first-order valence-corrected chi connectivity index (χ1v) is 12.8. The number of aromatic nitrogens is 1. The van der Waals surface area contributed by atoms with Gasteiger partial charge in [-0.3, -0.25) is 24.5 Å². The largest absolute Gasteiger partial charge is 0.311 e. The molecule has 2 aliphatic rings. The number of thioether (sulfide) groups is 1. The van der Waals surface area contributed by atoms with Crippen molar-refractivity contribution in [3.63, 3.8) is 0 Å². The van der Waals surface area contributed by atoms with E-state index >= 15 is 0 Å². The third kappa shape index (κ3) is 3.55. The third-order valence-corrected chi connectivity index (χ3v) is 8.35. The highest BCUT2D eigenvalue weighted by Gasteiger charge is 2.41. The summed E-state index contributed by atoms with van der Waals surface area (Å²) in [4.78, 5) is 56.8. The quantitative estimate of drug-likeness (QED) is 0.164. The molecule has 0 N–H and O–H groups in total. The maximum Gasteiger partial charge on any atom is 0.283 e. The Balaban J connectivity index is 1.22. The highest BCUT2D eigenvalue weighted by Crippen LogP contribution is 2.37. The molecule has 3 heterocycles. The number of carbonyl (C=O) groups excluding carboxylic acids is 3. The van der Waals surface area contributed by atoms with Crippen molar-refractivity contribution in [3.05, 3.63) is 87.5 Å². The molecule has 0 radical (unpaired) electrons. The van der Waals surface area contributed by atoms with Gasteiger partial charge in [0.15, 0.2) is 4.34 Å². The van der Waals surface area contributed by atoms with Crippen LogP contribution >= 0.6 is 23.1 Å². The molecule has 2 aliphatic heterocycles. The van der Waals surface area contributed by atoms with Crippen LogP contribution in [-0.4, -0.2) is 39.9 Å². The van der Waals surface area contributed by atoms with Crippen molar-refractivity contribution in [2.45, 2.75) is 10.8 Å². The number of carbonyl (C=O) groups is 3. The summed E-state index contributed by atoms with van der Waals surface area (Å²) in [6, 6.07) is 16.9. The highest BCUT2D eigenvalue weighted by atomic mass is 32.2. The lowest BCUT2D eigenvalue weighted by Crippen LogP contribution is -2.30. The van der Waals surface area contributed by atoms with Gasteiger partial charge in [0.1, 0.15) is 5.56 Å². The zero-order chi connectivity index (χ0) is 25.0. The van der Waals surface area contributed by atoms with Gasteiger partial charge in [0.25, 0.3) is 17.5 Å². The number of rotatable bonds is 5. The van der Waals surface area contributed by atoms with E-state index in [1.807, 2.05) is 24.3 Å². The van der Waals surface area contributed by atoms with Gasteiger partial charge in [-0.25, -0.2) is 9.88 Å². The van der Waals surface area contributed by atoms with Gasteiger partial charge >= 0.3 is 0 Å². The van der Waals surface area contributed by atoms with E-state index in [-0.39, 0.29) is 22.8 Å². The minimum Gasteiger partial charge on any atom is -0.311 e. The molecule has 36 heavy (non-hydrogen) atoms. The second-order valence-corrected chi connectivity index (χ2v) is 10.5. The molecule has 11 heteroatoms. The Kier molecular flexibility index (Phi) is 5.31. The fourth-order valence-electron chi connectivity index (χ4n) is 4.55. The Hall–Kier alpha value is -4.09. The second-order valence-electron chi connectivity index (χ2n) is 8.25. The summed E-state index contributed by atoms with van der Waals surface area (Å²) in [6.45, 7) is 0.667. The van der Waals surface area contributed by atoms with E-state index in [4.69, 9.17) is 0 Å². The van der Waals surface area contributed by atoms with Crippen LogP contribution in [0.15, 0.2) is 65.0 Å². The molecule has 3 amide bonds. The van der Waals surface area contributed by atoms with Crippen LogP contribution in [0.3, 0.4) is 0 Å². The SMILES string of the molecule is O=C(CSc1nc2ccc(N3C(=O)c4cccc([N+](=O)[O-])c4C3=O)cc2s1)N1CCc2ccccc21. The van der Waals surface area contributed by atoms with Gasteiger partial charge < -0.3 is 4.90 Å². The van der Waals surface area contributed by atoms with Crippen LogP contribution in [0.2, 0.25) is 0 Å². The molecule has 9 nitrogen and oxygen atoms in total. The highest BCUT2D eigenvalue weighted by molar-refractivity contribution is 8.01. The molecule has 4 aromatic rings. The number of hydrogen-bond donors (Lipinski definition) is 0. The van der Waals surface area contributed by atoms with E-state index in [9.17, 15) is 24.5 Å². The fourth-order valence-corrected chi connectivity index (χ4v) is 6.52. The van der Waals surface area contributed by atoms with Crippen LogP contribution in [0.4, 0.5) is 17.1 Å². The summed E-state index contributed by atoms with van der Waals surface area (Å²) >= 11 is 2.70. The zero-order valence-corrected chi connectivity index (χ0v) is 20.2. The molecule has 1 aromatic heterocycles. The number of fused-ring (bicyclic) bond motifs is 3. The lowest BCUT2D eigenvalue weighted by Gasteiger charge is -2.16. The minimum atomic E-state index is -0.725. The molecule has 0 spiro atoms. The average Bonchev–Trinajstić information content (AvgIpc) is 3.56. The fraction of sp³-hybridized carbons (Fsp3) is 0.120. The predicted octanol–water partition coefficient (Wildman–Crippen LogP) is 4.69. The van der Waals surface area contributed by atoms with Crippen LogP contribution in [0.1, 0.15) is 26.3 Å². The van der Waals surface area contributed by atoms with Gasteiger partial charge in [-0.05, 0) is 42.3 Å². The van der Waals surface area contributed by atoms with E-state index in [2.05, 4.69) is 4.98 Å². The standard InChI is InChI=1S/C25H16N4O5S2/c30-21(27-11-10-14-4-1-2-6-18(14)27)13-35-25-26-17-9-8-15(12-20(17)36-25)28-23(31)16-5-3-7-19(29(33)34)22(16)24(28)32/h1-9,12H,10-11,13H2. The molecule has 0 fully saturated rings. The van der Waals surface area contributed by atoms with Crippen molar-refractivity contribution in [2.75, 3.05) is 22.1 Å². The van der Waals surface area contributed by atoms with Crippen LogP contribution in [0, 0.1) is 10.1 Å². The van der Waals surface area contributed by atoms with E-state index in [1.165, 1.54) is 46.9 Å². The van der Waals surface area contributed by atoms with E-state index in [1.54, 1.807) is 23.1 Å². The number of amides is 3. The van der Waals surface area contributed by atoms with Crippen molar-refractivity contribution in [1.82, 2.24) is 4.98 Å². The van der Waals surface area contributed by atoms with Crippen LogP contribution < -0.4 is 9.80 Å². The number of nitro groups is 1. The minimum absolute atomic E-state index is 0.0110. The van der Waals surface area contributed by atoms with Gasteiger partial charge in [0, 0.05) is 18.3 Å². The topological polar surface area (TPSA) is 114 Å². The van der Waals surface area contributed by atoms with Crippen molar-refractivity contribution < 1.29 is 19.3 Å². The van der Waals surface area contributed by atoms with Gasteiger partial charge in [0.05, 0.1) is 32.1 Å². The summed E-state index contributed by atoms with van der Waals surface area (Å²) in [5.41, 5.74) is 2.53. The first-order chi connectivity index (χ1) is 17.4. The molecule has 0 saturated carbocycles. The average molecular weight is 517 g/mol. The van der Waals surface area contributed by atoms with Crippen LogP contribution in [0.25, 0.3) is 10.2 Å². The molecule has 0 atom stereocenters. The summed E-state index contributed by atoms with van der Waals surface area (Å²) < 4.78 is 1.43. The number of anilines is 2. The molecule has 0 unspecified atom stereocenters. The molecule has 178 valence electrons. The molecule has 0 saturated heterocycles. The van der Waals surface area contributed by atoms with E-state index in [0.29, 0.717) is 22.1 Å². The Morgan fingerprint density at radius 1 is 1.08 bits per heavy atom.